The van der Waals surface area contributed by atoms with E-state index in [1.54, 1.807) is 0 Å². The van der Waals surface area contributed by atoms with Gasteiger partial charge in [-0.05, 0) is 19.8 Å². The third-order valence-electron chi connectivity index (χ3n) is 2.50. The minimum atomic E-state index is 0.0708. The molecule has 1 heterocycles. The summed E-state index contributed by atoms with van der Waals surface area (Å²) in [6.45, 7) is 6.57. The minimum absolute atomic E-state index is 0.0708. The van der Waals surface area contributed by atoms with Crippen molar-refractivity contribution in [1.29, 1.82) is 0 Å². The van der Waals surface area contributed by atoms with Gasteiger partial charge in [0.1, 0.15) is 0 Å². The number of rotatable bonds is 4. The van der Waals surface area contributed by atoms with Crippen molar-refractivity contribution < 1.29 is 9.84 Å². The number of hydrogen-bond acceptors (Lipinski definition) is 3. The molecule has 3 nitrogen and oxygen atoms in total. The molecule has 78 valence electrons. The van der Waals surface area contributed by atoms with E-state index in [1.165, 1.54) is 0 Å². The molecule has 0 radical (unpaired) electrons. The highest BCUT2D eigenvalue weighted by molar-refractivity contribution is 4.81. The van der Waals surface area contributed by atoms with Gasteiger partial charge in [-0.2, -0.15) is 0 Å². The molecule has 2 N–H and O–H groups in total. The zero-order chi connectivity index (χ0) is 9.84. The quantitative estimate of drug-likeness (QED) is 0.687. The molecule has 0 aromatic heterocycles. The molecule has 13 heavy (non-hydrogen) atoms. The number of aliphatic hydroxyl groups is 1. The molecule has 3 atom stereocenters. The molecule has 0 saturated carbocycles. The zero-order valence-electron chi connectivity index (χ0n) is 8.79. The Morgan fingerprint density at radius 3 is 2.54 bits per heavy atom. The van der Waals surface area contributed by atoms with Gasteiger partial charge in [-0.3, -0.25) is 0 Å². The molecule has 3 heteroatoms. The van der Waals surface area contributed by atoms with Gasteiger partial charge >= 0.3 is 0 Å². The Hall–Kier alpha value is -0.120. The van der Waals surface area contributed by atoms with Crippen molar-refractivity contribution in [3.8, 4) is 0 Å². The van der Waals surface area contributed by atoms with E-state index < -0.39 is 0 Å². The van der Waals surface area contributed by atoms with E-state index in [4.69, 9.17) is 9.84 Å². The average molecular weight is 187 g/mol. The Balaban J connectivity index is 2.28. The Labute approximate surface area is 80.5 Å². The first-order chi connectivity index (χ1) is 6.13. The smallest absolute Gasteiger partial charge is 0.0811 e. The fourth-order valence-corrected chi connectivity index (χ4v) is 1.87. The van der Waals surface area contributed by atoms with E-state index in [-0.39, 0.29) is 18.8 Å². The van der Waals surface area contributed by atoms with Gasteiger partial charge in [0.25, 0.3) is 0 Å². The molecular formula is C10H21NO2. The van der Waals surface area contributed by atoms with Gasteiger partial charge in [0, 0.05) is 12.1 Å². The Morgan fingerprint density at radius 1 is 1.38 bits per heavy atom. The fraction of sp³-hybridized carbons (Fsp3) is 1.00. The van der Waals surface area contributed by atoms with E-state index in [0.717, 1.165) is 12.8 Å². The van der Waals surface area contributed by atoms with Crippen LogP contribution in [0.1, 0.15) is 33.6 Å². The molecule has 1 rings (SSSR count). The number of hydrogen-bond donors (Lipinski definition) is 2. The van der Waals surface area contributed by atoms with Crippen LogP contribution in [0.2, 0.25) is 0 Å². The summed E-state index contributed by atoms with van der Waals surface area (Å²) in [5.74, 6) is 0. The molecule has 1 saturated heterocycles. The Bertz CT molecular complexity index is 150. The van der Waals surface area contributed by atoms with E-state index in [0.29, 0.717) is 12.1 Å². The Morgan fingerprint density at radius 2 is 2.08 bits per heavy atom. The van der Waals surface area contributed by atoms with Crippen molar-refractivity contribution in [2.75, 3.05) is 6.61 Å². The summed E-state index contributed by atoms with van der Waals surface area (Å²) in [6, 6.07) is 0.878. The molecule has 3 unspecified atom stereocenters. The summed E-state index contributed by atoms with van der Waals surface area (Å²) >= 11 is 0. The molecule has 0 bridgehead atoms. The highest BCUT2D eigenvalue weighted by atomic mass is 16.5. The molecule has 0 aromatic rings. The van der Waals surface area contributed by atoms with Crippen LogP contribution < -0.4 is 5.32 Å². The zero-order valence-corrected chi connectivity index (χ0v) is 8.79. The summed E-state index contributed by atoms with van der Waals surface area (Å²) < 4.78 is 5.66. The van der Waals surface area contributed by atoms with Gasteiger partial charge in [-0.1, -0.05) is 13.8 Å². The highest BCUT2D eigenvalue weighted by Gasteiger charge is 2.28. The predicted octanol–water partition coefficient (Wildman–Crippen LogP) is 0.913. The number of ether oxygens (including phenoxy) is 1. The average Bonchev–Trinajstić information content (AvgIpc) is 2.50. The van der Waals surface area contributed by atoms with Gasteiger partial charge in [-0.25, -0.2) is 0 Å². The maximum Gasteiger partial charge on any atom is 0.0811 e. The first-order valence-corrected chi connectivity index (χ1v) is 5.16. The van der Waals surface area contributed by atoms with Crippen LogP contribution in [0, 0.1) is 0 Å². The molecule has 1 fully saturated rings. The first-order valence-electron chi connectivity index (χ1n) is 5.16. The van der Waals surface area contributed by atoms with Crippen LogP contribution in [0.3, 0.4) is 0 Å². The predicted molar refractivity (Wildman–Crippen MR) is 52.7 cm³/mol. The Kier molecular flexibility index (Phi) is 4.16. The van der Waals surface area contributed by atoms with Crippen molar-refractivity contribution >= 4 is 0 Å². The molecule has 0 amide bonds. The monoisotopic (exact) mass is 187 g/mol. The lowest BCUT2D eigenvalue weighted by atomic mass is 10.1. The summed E-state index contributed by atoms with van der Waals surface area (Å²) in [6.07, 6.45) is 2.40. The van der Waals surface area contributed by atoms with Gasteiger partial charge in [0.05, 0.1) is 18.8 Å². The maximum atomic E-state index is 8.90. The lowest BCUT2D eigenvalue weighted by Crippen LogP contribution is -2.41. The van der Waals surface area contributed by atoms with Gasteiger partial charge in [0.15, 0.2) is 0 Å². The second-order valence-electron chi connectivity index (χ2n) is 4.17. The lowest BCUT2D eigenvalue weighted by molar-refractivity contribution is -0.00284. The number of aliphatic hydroxyl groups excluding tert-OH is 1. The minimum Gasteiger partial charge on any atom is -0.394 e. The number of nitrogens with one attached hydrogen (secondary N) is 1. The van der Waals surface area contributed by atoms with E-state index in [2.05, 4.69) is 26.1 Å². The topological polar surface area (TPSA) is 41.5 Å². The second-order valence-corrected chi connectivity index (χ2v) is 4.17. The van der Waals surface area contributed by atoms with E-state index in [1.807, 2.05) is 0 Å². The third kappa shape index (κ3) is 3.25. The van der Waals surface area contributed by atoms with Gasteiger partial charge in [0.2, 0.25) is 0 Å². The first kappa shape index (κ1) is 11.0. The summed E-state index contributed by atoms with van der Waals surface area (Å²) in [5.41, 5.74) is 0. The van der Waals surface area contributed by atoms with E-state index >= 15 is 0 Å². The largest absolute Gasteiger partial charge is 0.394 e. The molecule has 0 aromatic carbocycles. The van der Waals surface area contributed by atoms with Crippen molar-refractivity contribution in [3.05, 3.63) is 0 Å². The standard InChI is InChI=1S/C10H21NO2/c1-7(2)11-8(3)10-5-4-9(6-12)13-10/h7-12H,4-6H2,1-3H3. The van der Waals surface area contributed by atoms with Crippen molar-refractivity contribution in [1.82, 2.24) is 5.32 Å². The molecular weight excluding hydrogens is 166 g/mol. The van der Waals surface area contributed by atoms with Crippen LogP contribution in [-0.2, 0) is 4.74 Å². The summed E-state index contributed by atoms with van der Waals surface area (Å²) in [4.78, 5) is 0. The normalized spacial score (nSPS) is 31.2. The van der Waals surface area contributed by atoms with Crippen molar-refractivity contribution in [2.45, 2.75) is 57.9 Å². The highest BCUT2D eigenvalue weighted by Crippen LogP contribution is 2.21. The van der Waals surface area contributed by atoms with Crippen molar-refractivity contribution in [3.63, 3.8) is 0 Å². The van der Waals surface area contributed by atoms with Crippen LogP contribution >= 0.6 is 0 Å². The fourth-order valence-electron chi connectivity index (χ4n) is 1.87. The maximum absolute atomic E-state index is 8.90. The van der Waals surface area contributed by atoms with Crippen LogP contribution in [0.25, 0.3) is 0 Å². The molecule has 1 aliphatic rings. The van der Waals surface area contributed by atoms with Gasteiger partial charge < -0.3 is 15.2 Å². The second kappa shape index (κ2) is 4.94. The van der Waals surface area contributed by atoms with Crippen LogP contribution in [-0.4, -0.2) is 36.0 Å². The summed E-state index contributed by atoms with van der Waals surface area (Å²) in [5, 5.41) is 12.3. The summed E-state index contributed by atoms with van der Waals surface area (Å²) in [7, 11) is 0. The van der Waals surface area contributed by atoms with Crippen molar-refractivity contribution in [2.24, 2.45) is 0 Å². The SMILES string of the molecule is CC(C)NC(C)C1CCC(CO)O1. The molecule has 1 aliphatic heterocycles. The van der Waals surface area contributed by atoms with Gasteiger partial charge in [-0.15, -0.1) is 0 Å². The molecule has 0 spiro atoms. The van der Waals surface area contributed by atoms with E-state index in [9.17, 15) is 0 Å². The van der Waals surface area contributed by atoms with Crippen LogP contribution in [0.5, 0.6) is 0 Å². The molecule has 0 aliphatic carbocycles. The van der Waals surface area contributed by atoms with Crippen LogP contribution in [0.4, 0.5) is 0 Å². The lowest BCUT2D eigenvalue weighted by Gasteiger charge is -2.23. The third-order valence-corrected chi connectivity index (χ3v) is 2.50. The van der Waals surface area contributed by atoms with Crippen LogP contribution in [0.15, 0.2) is 0 Å².